The van der Waals surface area contributed by atoms with Crippen LogP contribution in [0.5, 0.6) is 0 Å². The molecule has 6 heteroatoms. The summed E-state index contributed by atoms with van der Waals surface area (Å²) in [6.45, 7) is 1.63. The van der Waals surface area contributed by atoms with Crippen LogP contribution in [0, 0.1) is 0 Å². The largest absolute Gasteiger partial charge is 0.462 e. The van der Waals surface area contributed by atoms with Crippen LogP contribution in [0.1, 0.15) is 23.6 Å². The Kier molecular flexibility index (Phi) is 5.39. The molecule has 24 heavy (non-hydrogen) atoms. The van der Waals surface area contributed by atoms with Gasteiger partial charge in [-0.1, -0.05) is 42.5 Å². The van der Waals surface area contributed by atoms with Crippen molar-refractivity contribution in [3.63, 3.8) is 0 Å². The SMILES string of the molecule is CCOC(=O)/C(=C(/F)c1ccc(C(F)(F)F)cc1)c1ccccc1. The average molecular weight is 338 g/mol. The van der Waals surface area contributed by atoms with Gasteiger partial charge in [0.1, 0.15) is 11.4 Å². The summed E-state index contributed by atoms with van der Waals surface area (Å²) in [6.07, 6.45) is -4.51. The predicted octanol–water partition coefficient (Wildman–Crippen LogP) is 5.11. The summed E-state index contributed by atoms with van der Waals surface area (Å²) in [5.74, 6) is -1.81. The molecule has 0 saturated heterocycles. The molecule has 2 nitrogen and oxygen atoms in total. The third kappa shape index (κ3) is 4.01. The monoisotopic (exact) mass is 338 g/mol. The molecule has 0 aliphatic rings. The van der Waals surface area contributed by atoms with E-state index in [9.17, 15) is 22.4 Å². The van der Waals surface area contributed by atoms with Gasteiger partial charge in [0.2, 0.25) is 0 Å². The number of carbonyl (C=O) groups excluding carboxylic acids is 1. The molecule has 0 fully saturated rings. The van der Waals surface area contributed by atoms with Crippen molar-refractivity contribution in [2.75, 3.05) is 6.61 Å². The minimum Gasteiger partial charge on any atom is -0.462 e. The van der Waals surface area contributed by atoms with Gasteiger partial charge >= 0.3 is 12.1 Å². The van der Waals surface area contributed by atoms with Gasteiger partial charge < -0.3 is 4.74 Å². The number of benzene rings is 2. The maximum atomic E-state index is 14.8. The zero-order chi connectivity index (χ0) is 17.7. The lowest BCUT2D eigenvalue weighted by molar-refractivity contribution is -0.138. The summed E-state index contributed by atoms with van der Waals surface area (Å²) in [6, 6.07) is 11.5. The number of esters is 1. The maximum absolute atomic E-state index is 14.8. The van der Waals surface area contributed by atoms with Gasteiger partial charge in [0.05, 0.1) is 12.2 Å². The molecule has 0 N–H and O–H groups in total. The molecule has 0 unspecified atom stereocenters. The molecule has 0 heterocycles. The first-order chi connectivity index (χ1) is 11.3. The molecule has 0 bridgehead atoms. The van der Waals surface area contributed by atoms with Gasteiger partial charge in [-0.2, -0.15) is 13.2 Å². The van der Waals surface area contributed by atoms with Gasteiger partial charge in [0.15, 0.2) is 0 Å². The topological polar surface area (TPSA) is 26.3 Å². The standard InChI is InChI=1S/C18H14F4O2/c1-2-24-17(23)15(12-6-4-3-5-7-12)16(19)13-8-10-14(11-9-13)18(20,21)22/h3-11H,2H2,1H3/b16-15+. The first-order valence-electron chi connectivity index (χ1n) is 7.14. The third-order valence-corrected chi connectivity index (χ3v) is 3.23. The molecule has 0 saturated carbocycles. The van der Waals surface area contributed by atoms with Crippen molar-refractivity contribution in [3.05, 3.63) is 71.3 Å². The Bertz CT molecular complexity index is 732. The van der Waals surface area contributed by atoms with E-state index in [0.717, 1.165) is 24.3 Å². The van der Waals surface area contributed by atoms with E-state index >= 15 is 0 Å². The lowest BCUT2D eigenvalue weighted by Crippen LogP contribution is -2.09. The number of halogens is 4. The fourth-order valence-corrected chi connectivity index (χ4v) is 2.09. The van der Waals surface area contributed by atoms with Crippen molar-refractivity contribution in [1.29, 1.82) is 0 Å². The Balaban J connectivity index is 2.51. The fourth-order valence-electron chi connectivity index (χ4n) is 2.09. The first-order valence-corrected chi connectivity index (χ1v) is 7.14. The Labute approximate surface area is 136 Å². The van der Waals surface area contributed by atoms with Crippen LogP contribution >= 0.6 is 0 Å². The number of carbonyl (C=O) groups is 1. The van der Waals surface area contributed by atoms with Crippen molar-refractivity contribution in [2.24, 2.45) is 0 Å². The third-order valence-electron chi connectivity index (χ3n) is 3.23. The Morgan fingerprint density at radius 3 is 2.04 bits per heavy atom. The van der Waals surface area contributed by atoms with Crippen molar-refractivity contribution in [2.45, 2.75) is 13.1 Å². The summed E-state index contributed by atoms with van der Waals surface area (Å²) < 4.78 is 57.4. The minimum atomic E-state index is -4.51. The normalized spacial score (nSPS) is 12.5. The van der Waals surface area contributed by atoms with Crippen LogP contribution < -0.4 is 0 Å². The highest BCUT2D eigenvalue weighted by Crippen LogP contribution is 2.32. The van der Waals surface area contributed by atoms with Crippen LogP contribution in [0.2, 0.25) is 0 Å². The van der Waals surface area contributed by atoms with Crippen LogP contribution in [0.4, 0.5) is 17.6 Å². The van der Waals surface area contributed by atoms with Crippen molar-refractivity contribution in [1.82, 2.24) is 0 Å². The number of hydrogen-bond acceptors (Lipinski definition) is 2. The van der Waals surface area contributed by atoms with E-state index in [4.69, 9.17) is 4.74 Å². The summed E-state index contributed by atoms with van der Waals surface area (Å²) in [5, 5.41) is 0. The molecule has 0 aliphatic heterocycles. The van der Waals surface area contributed by atoms with E-state index < -0.39 is 23.5 Å². The summed E-state index contributed by atoms with van der Waals surface area (Å²) in [4.78, 5) is 12.1. The molecule has 0 spiro atoms. The highest BCUT2D eigenvalue weighted by molar-refractivity contribution is 6.23. The Hall–Kier alpha value is -2.63. The molecular weight excluding hydrogens is 324 g/mol. The van der Waals surface area contributed by atoms with Crippen molar-refractivity contribution < 1.29 is 27.1 Å². The second-order valence-corrected chi connectivity index (χ2v) is 4.85. The fraction of sp³-hybridized carbons (Fsp3) is 0.167. The maximum Gasteiger partial charge on any atom is 0.416 e. The van der Waals surface area contributed by atoms with Gasteiger partial charge in [-0.05, 0) is 24.6 Å². The van der Waals surface area contributed by atoms with Crippen LogP contribution in [-0.2, 0) is 15.7 Å². The minimum absolute atomic E-state index is 0.0511. The van der Waals surface area contributed by atoms with Gasteiger partial charge in [-0.3, -0.25) is 0 Å². The number of hydrogen-bond donors (Lipinski definition) is 0. The molecule has 2 aromatic rings. The Morgan fingerprint density at radius 1 is 0.958 bits per heavy atom. The first kappa shape index (κ1) is 17.7. The molecular formula is C18H14F4O2. The van der Waals surface area contributed by atoms with Gasteiger partial charge in [0, 0.05) is 5.56 Å². The van der Waals surface area contributed by atoms with Gasteiger partial charge in [-0.25, -0.2) is 9.18 Å². The highest BCUT2D eigenvalue weighted by Gasteiger charge is 2.30. The number of rotatable bonds is 4. The second kappa shape index (κ2) is 7.29. The zero-order valence-electron chi connectivity index (χ0n) is 12.7. The molecule has 2 rings (SSSR count). The molecule has 0 amide bonds. The average Bonchev–Trinajstić information content (AvgIpc) is 2.55. The molecule has 0 aromatic heterocycles. The van der Waals surface area contributed by atoms with E-state index in [-0.39, 0.29) is 23.3 Å². The van der Waals surface area contributed by atoms with E-state index in [2.05, 4.69) is 0 Å². The van der Waals surface area contributed by atoms with E-state index in [1.54, 1.807) is 25.1 Å². The smallest absolute Gasteiger partial charge is 0.416 e. The molecule has 0 aliphatic carbocycles. The van der Waals surface area contributed by atoms with Gasteiger partial charge in [0.25, 0.3) is 0 Å². The van der Waals surface area contributed by atoms with Crippen LogP contribution in [0.25, 0.3) is 11.4 Å². The lowest BCUT2D eigenvalue weighted by atomic mass is 10.0. The van der Waals surface area contributed by atoms with Crippen LogP contribution in [0.15, 0.2) is 54.6 Å². The van der Waals surface area contributed by atoms with Crippen LogP contribution in [0.3, 0.4) is 0 Å². The summed E-state index contributed by atoms with van der Waals surface area (Å²) in [5.41, 5.74) is -1.06. The lowest BCUT2D eigenvalue weighted by Gasteiger charge is -2.11. The Morgan fingerprint density at radius 2 is 1.54 bits per heavy atom. The second-order valence-electron chi connectivity index (χ2n) is 4.85. The van der Waals surface area contributed by atoms with Crippen molar-refractivity contribution in [3.8, 4) is 0 Å². The number of ether oxygens (including phenoxy) is 1. The highest BCUT2D eigenvalue weighted by atomic mass is 19.4. The molecule has 0 radical (unpaired) electrons. The van der Waals surface area contributed by atoms with Crippen molar-refractivity contribution >= 4 is 17.4 Å². The quantitative estimate of drug-likeness (QED) is 0.335. The van der Waals surface area contributed by atoms with E-state index in [1.807, 2.05) is 0 Å². The van der Waals surface area contributed by atoms with Crippen LogP contribution in [-0.4, -0.2) is 12.6 Å². The summed E-state index contributed by atoms with van der Waals surface area (Å²) >= 11 is 0. The van der Waals surface area contributed by atoms with Gasteiger partial charge in [-0.15, -0.1) is 0 Å². The number of alkyl halides is 3. The zero-order valence-corrected chi connectivity index (χ0v) is 12.7. The molecule has 126 valence electrons. The van der Waals surface area contributed by atoms with E-state index in [0.29, 0.717) is 0 Å². The summed E-state index contributed by atoms with van der Waals surface area (Å²) in [7, 11) is 0. The molecule has 0 atom stereocenters. The molecule has 2 aromatic carbocycles. The predicted molar refractivity (Wildman–Crippen MR) is 82.4 cm³/mol. The van der Waals surface area contributed by atoms with E-state index in [1.165, 1.54) is 12.1 Å².